The molecule has 0 fully saturated rings. The Morgan fingerprint density at radius 1 is 1.18 bits per heavy atom. The molecule has 0 saturated heterocycles. The van der Waals surface area contributed by atoms with Crippen LogP contribution in [0.1, 0.15) is 0 Å². The number of aromatic hydroxyl groups is 1. The van der Waals surface area contributed by atoms with Gasteiger partial charge in [0.15, 0.2) is 0 Å². The van der Waals surface area contributed by atoms with E-state index in [2.05, 4.69) is 9.97 Å². The molecule has 2 heterocycles. The zero-order chi connectivity index (χ0) is 11.8. The van der Waals surface area contributed by atoms with Crippen LogP contribution in [0.4, 0.5) is 0 Å². The number of H-pyrrole nitrogens is 1. The van der Waals surface area contributed by atoms with Crippen molar-refractivity contribution in [2.75, 3.05) is 0 Å². The molecule has 0 saturated carbocycles. The lowest BCUT2D eigenvalue weighted by Gasteiger charge is -2.04. The molecule has 0 unspecified atom stereocenters. The molecule has 0 atom stereocenters. The monoisotopic (exact) mass is 244 g/mol. The number of hydrogen-bond acceptors (Lipinski definition) is 2. The van der Waals surface area contributed by atoms with E-state index < -0.39 is 0 Å². The van der Waals surface area contributed by atoms with Gasteiger partial charge in [0.1, 0.15) is 11.4 Å². The Bertz CT molecular complexity index is 691. The smallest absolute Gasteiger partial charge is 0.137 e. The zero-order valence-electron chi connectivity index (χ0n) is 8.81. The van der Waals surface area contributed by atoms with E-state index in [4.69, 9.17) is 11.6 Å². The first-order chi connectivity index (χ1) is 8.25. The summed E-state index contributed by atoms with van der Waals surface area (Å²) in [5, 5.41) is 10.8. The molecule has 1 aromatic carbocycles. The minimum absolute atomic E-state index is 0.0924. The fourth-order valence-electron chi connectivity index (χ4n) is 1.89. The molecule has 0 spiro atoms. The van der Waals surface area contributed by atoms with E-state index in [-0.39, 0.29) is 5.75 Å². The molecule has 0 aliphatic heterocycles. The number of halogens is 1. The van der Waals surface area contributed by atoms with Crippen LogP contribution in [0, 0.1) is 0 Å². The van der Waals surface area contributed by atoms with Crippen molar-refractivity contribution in [3.8, 4) is 16.9 Å². The molecule has 3 aromatic rings. The predicted molar refractivity (Wildman–Crippen MR) is 68.2 cm³/mol. The third-order valence-electron chi connectivity index (χ3n) is 2.72. The van der Waals surface area contributed by atoms with Crippen molar-refractivity contribution in [3.63, 3.8) is 0 Å². The van der Waals surface area contributed by atoms with Gasteiger partial charge in [-0.3, -0.25) is 0 Å². The standard InChI is InChI=1S/C13H9ClN2O/c14-11-7-8(1-2-12(11)17)9-3-5-15-13-10(9)4-6-16-13/h1-7,17H,(H,15,16). The first-order valence-electron chi connectivity index (χ1n) is 5.17. The van der Waals surface area contributed by atoms with Crippen LogP contribution in [0.25, 0.3) is 22.2 Å². The van der Waals surface area contributed by atoms with E-state index in [0.717, 1.165) is 22.2 Å². The summed E-state index contributed by atoms with van der Waals surface area (Å²) in [6.07, 6.45) is 3.60. The Hall–Kier alpha value is -2.00. The van der Waals surface area contributed by atoms with Crippen LogP contribution in [0.3, 0.4) is 0 Å². The molecule has 17 heavy (non-hydrogen) atoms. The second kappa shape index (κ2) is 3.79. The number of hydrogen-bond donors (Lipinski definition) is 2. The van der Waals surface area contributed by atoms with Gasteiger partial charge in [0.05, 0.1) is 5.02 Å². The molecule has 0 aliphatic rings. The topological polar surface area (TPSA) is 48.9 Å². The summed E-state index contributed by atoms with van der Waals surface area (Å²) in [6.45, 7) is 0. The molecule has 84 valence electrons. The van der Waals surface area contributed by atoms with Crippen LogP contribution >= 0.6 is 11.6 Å². The molecule has 3 nitrogen and oxygen atoms in total. The Morgan fingerprint density at radius 3 is 2.88 bits per heavy atom. The van der Waals surface area contributed by atoms with Gasteiger partial charge in [0.25, 0.3) is 0 Å². The number of aromatic nitrogens is 2. The van der Waals surface area contributed by atoms with Crippen molar-refractivity contribution in [1.82, 2.24) is 9.97 Å². The van der Waals surface area contributed by atoms with Gasteiger partial charge >= 0.3 is 0 Å². The van der Waals surface area contributed by atoms with Crippen LogP contribution in [0.5, 0.6) is 5.75 Å². The van der Waals surface area contributed by atoms with E-state index in [9.17, 15) is 5.11 Å². The van der Waals surface area contributed by atoms with Gasteiger partial charge in [-0.1, -0.05) is 17.7 Å². The number of benzene rings is 1. The number of nitrogens with one attached hydrogen (secondary N) is 1. The Labute approximate surface area is 103 Å². The summed E-state index contributed by atoms with van der Waals surface area (Å²) in [5.74, 6) is 0.0924. The molecule has 0 radical (unpaired) electrons. The lowest BCUT2D eigenvalue weighted by Crippen LogP contribution is -1.82. The third-order valence-corrected chi connectivity index (χ3v) is 3.02. The summed E-state index contributed by atoms with van der Waals surface area (Å²) < 4.78 is 0. The second-order valence-electron chi connectivity index (χ2n) is 3.76. The SMILES string of the molecule is Oc1ccc(-c2ccnc3[nH]ccc23)cc1Cl. The first kappa shape index (κ1) is 10.2. The van der Waals surface area contributed by atoms with Gasteiger partial charge in [-0.2, -0.15) is 0 Å². The number of aromatic amines is 1. The lowest BCUT2D eigenvalue weighted by atomic mass is 10.0. The van der Waals surface area contributed by atoms with Gasteiger partial charge in [0, 0.05) is 17.8 Å². The molecule has 3 rings (SSSR count). The predicted octanol–water partition coefficient (Wildman–Crippen LogP) is 3.59. The van der Waals surface area contributed by atoms with E-state index >= 15 is 0 Å². The van der Waals surface area contributed by atoms with E-state index in [0.29, 0.717) is 5.02 Å². The normalized spacial score (nSPS) is 10.9. The third kappa shape index (κ3) is 1.65. The minimum atomic E-state index is 0.0924. The fourth-order valence-corrected chi connectivity index (χ4v) is 2.07. The average molecular weight is 245 g/mol. The summed E-state index contributed by atoms with van der Waals surface area (Å²) in [6, 6.07) is 9.08. The Morgan fingerprint density at radius 2 is 2.06 bits per heavy atom. The maximum atomic E-state index is 9.41. The highest BCUT2D eigenvalue weighted by Gasteiger charge is 2.07. The van der Waals surface area contributed by atoms with Crippen molar-refractivity contribution in [2.45, 2.75) is 0 Å². The summed E-state index contributed by atoms with van der Waals surface area (Å²) in [4.78, 5) is 7.29. The van der Waals surface area contributed by atoms with Gasteiger partial charge < -0.3 is 10.1 Å². The number of rotatable bonds is 1. The highest BCUT2D eigenvalue weighted by atomic mass is 35.5. The van der Waals surface area contributed by atoms with Crippen molar-refractivity contribution < 1.29 is 5.11 Å². The number of phenolic OH excluding ortho intramolecular Hbond substituents is 1. The zero-order valence-corrected chi connectivity index (χ0v) is 9.57. The summed E-state index contributed by atoms with van der Waals surface area (Å²) in [5.41, 5.74) is 2.84. The van der Waals surface area contributed by atoms with Crippen LogP contribution in [-0.4, -0.2) is 15.1 Å². The van der Waals surface area contributed by atoms with Gasteiger partial charge in [0.2, 0.25) is 0 Å². The first-order valence-corrected chi connectivity index (χ1v) is 5.54. The molecule has 0 bridgehead atoms. The Kier molecular flexibility index (Phi) is 2.27. The van der Waals surface area contributed by atoms with Crippen molar-refractivity contribution >= 4 is 22.6 Å². The average Bonchev–Trinajstić information content (AvgIpc) is 2.80. The summed E-state index contributed by atoms with van der Waals surface area (Å²) in [7, 11) is 0. The number of fused-ring (bicyclic) bond motifs is 1. The van der Waals surface area contributed by atoms with Crippen LogP contribution < -0.4 is 0 Å². The largest absolute Gasteiger partial charge is 0.506 e. The molecule has 4 heteroatoms. The molecular weight excluding hydrogens is 236 g/mol. The van der Waals surface area contributed by atoms with Crippen LogP contribution in [-0.2, 0) is 0 Å². The fraction of sp³-hybridized carbons (Fsp3) is 0. The van der Waals surface area contributed by atoms with Crippen molar-refractivity contribution in [2.24, 2.45) is 0 Å². The van der Waals surface area contributed by atoms with Gasteiger partial charge in [-0.15, -0.1) is 0 Å². The van der Waals surface area contributed by atoms with Crippen molar-refractivity contribution in [1.29, 1.82) is 0 Å². The molecule has 0 aliphatic carbocycles. The Balaban J connectivity index is 2.26. The highest BCUT2D eigenvalue weighted by molar-refractivity contribution is 6.32. The van der Waals surface area contributed by atoms with E-state index in [1.54, 1.807) is 18.3 Å². The lowest BCUT2D eigenvalue weighted by molar-refractivity contribution is 0.475. The molecule has 2 aromatic heterocycles. The minimum Gasteiger partial charge on any atom is -0.506 e. The molecule has 2 N–H and O–H groups in total. The van der Waals surface area contributed by atoms with Crippen LogP contribution in [0.2, 0.25) is 5.02 Å². The molecule has 0 amide bonds. The number of phenols is 1. The highest BCUT2D eigenvalue weighted by Crippen LogP contribution is 2.32. The maximum Gasteiger partial charge on any atom is 0.137 e. The quantitative estimate of drug-likeness (QED) is 0.687. The van der Waals surface area contributed by atoms with Gasteiger partial charge in [-0.05, 0) is 35.4 Å². The van der Waals surface area contributed by atoms with E-state index in [1.165, 1.54) is 0 Å². The number of pyridine rings is 1. The van der Waals surface area contributed by atoms with Crippen molar-refractivity contribution in [3.05, 3.63) is 47.7 Å². The van der Waals surface area contributed by atoms with Gasteiger partial charge in [-0.25, -0.2) is 4.98 Å². The van der Waals surface area contributed by atoms with Crippen LogP contribution in [0.15, 0.2) is 42.7 Å². The second-order valence-corrected chi connectivity index (χ2v) is 4.17. The van der Waals surface area contributed by atoms with E-state index in [1.807, 2.05) is 24.4 Å². The maximum absolute atomic E-state index is 9.41. The molecular formula is C13H9ClN2O. The summed E-state index contributed by atoms with van der Waals surface area (Å²) >= 11 is 5.92. The number of nitrogens with zero attached hydrogens (tertiary/aromatic N) is 1.